The molecule has 0 aliphatic rings. The molecule has 114 valence electrons. The Morgan fingerprint density at radius 3 is 2.91 bits per heavy atom. The molecule has 0 aliphatic heterocycles. The summed E-state index contributed by atoms with van der Waals surface area (Å²) in [7, 11) is 0. The molecule has 22 heavy (non-hydrogen) atoms. The number of aromatic amines is 1. The third-order valence-corrected chi connectivity index (χ3v) is 5.11. The van der Waals surface area contributed by atoms with Gasteiger partial charge in [-0.25, -0.2) is 0 Å². The third-order valence-electron chi connectivity index (χ3n) is 3.69. The lowest BCUT2D eigenvalue weighted by atomic mass is 10.1. The van der Waals surface area contributed by atoms with Crippen LogP contribution in [-0.2, 0) is 11.2 Å². The second-order valence-corrected chi connectivity index (χ2v) is 7.04. The van der Waals surface area contributed by atoms with Gasteiger partial charge >= 0.3 is 0 Å². The van der Waals surface area contributed by atoms with E-state index in [0.717, 1.165) is 21.2 Å². The molecule has 0 fully saturated rings. The summed E-state index contributed by atoms with van der Waals surface area (Å²) in [5, 5.41) is 4.21. The van der Waals surface area contributed by atoms with Gasteiger partial charge in [0.25, 0.3) is 0 Å². The number of benzene rings is 1. The highest BCUT2D eigenvalue weighted by Crippen LogP contribution is 2.26. The van der Waals surface area contributed by atoms with Crippen LogP contribution in [-0.4, -0.2) is 10.9 Å². The minimum absolute atomic E-state index is 0.00651. The molecule has 2 N–H and O–H groups in total. The van der Waals surface area contributed by atoms with Crippen molar-refractivity contribution in [2.24, 2.45) is 0 Å². The fourth-order valence-electron chi connectivity index (χ4n) is 2.53. The van der Waals surface area contributed by atoms with Gasteiger partial charge in [0.05, 0.1) is 10.4 Å². The summed E-state index contributed by atoms with van der Waals surface area (Å²) >= 11 is 7.43. The average molecular weight is 333 g/mol. The monoisotopic (exact) mass is 332 g/mol. The van der Waals surface area contributed by atoms with Crippen molar-refractivity contribution in [1.29, 1.82) is 0 Å². The molecule has 3 aromatic rings. The lowest BCUT2D eigenvalue weighted by molar-refractivity contribution is -0.121. The van der Waals surface area contributed by atoms with Crippen molar-refractivity contribution in [1.82, 2.24) is 10.3 Å². The van der Waals surface area contributed by atoms with Crippen LogP contribution in [0.2, 0.25) is 4.34 Å². The molecule has 0 aliphatic carbocycles. The van der Waals surface area contributed by atoms with E-state index in [2.05, 4.69) is 16.4 Å². The highest BCUT2D eigenvalue weighted by molar-refractivity contribution is 7.16. The van der Waals surface area contributed by atoms with Gasteiger partial charge in [-0.1, -0.05) is 29.8 Å². The van der Waals surface area contributed by atoms with Crippen LogP contribution in [0.25, 0.3) is 10.9 Å². The van der Waals surface area contributed by atoms with Crippen molar-refractivity contribution < 1.29 is 4.79 Å². The molecule has 1 aromatic carbocycles. The van der Waals surface area contributed by atoms with Gasteiger partial charge in [-0.3, -0.25) is 4.79 Å². The molecule has 0 bridgehead atoms. The maximum atomic E-state index is 12.1. The summed E-state index contributed by atoms with van der Waals surface area (Å²) in [6.45, 7) is 1.98. The summed E-state index contributed by atoms with van der Waals surface area (Å²) in [4.78, 5) is 16.4. The normalized spacial score (nSPS) is 12.5. The van der Waals surface area contributed by atoms with Gasteiger partial charge < -0.3 is 10.3 Å². The van der Waals surface area contributed by atoms with Gasteiger partial charge in [0, 0.05) is 28.4 Å². The number of amides is 1. The van der Waals surface area contributed by atoms with Crippen LogP contribution in [0.4, 0.5) is 0 Å². The minimum Gasteiger partial charge on any atom is -0.361 e. The van der Waals surface area contributed by atoms with Crippen LogP contribution in [0, 0.1) is 0 Å². The molecule has 3 nitrogen and oxygen atoms in total. The van der Waals surface area contributed by atoms with Crippen LogP contribution in [0.1, 0.15) is 29.8 Å². The number of para-hydroxylation sites is 1. The number of aromatic nitrogens is 1. The van der Waals surface area contributed by atoms with E-state index in [1.165, 1.54) is 22.3 Å². The lowest BCUT2D eigenvalue weighted by Crippen LogP contribution is -2.26. The number of H-pyrrole nitrogens is 1. The molecule has 1 unspecified atom stereocenters. The Morgan fingerprint density at radius 1 is 1.32 bits per heavy atom. The number of carbonyl (C=O) groups is 1. The molecular formula is C17H17ClN2OS. The number of carbonyl (C=O) groups excluding carboxylic acids is 1. The molecule has 5 heteroatoms. The second-order valence-electron chi connectivity index (χ2n) is 5.29. The highest BCUT2D eigenvalue weighted by Gasteiger charge is 2.12. The Hall–Kier alpha value is -1.78. The predicted molar refractivity (Wildman–Crippen MR) is 92.5 cm³/mol. The summed E-state index contributed by atoms with van der Waals surface area (Å²) in [6, 6.07) is 11.9. The summed E-state index contributed by atoms with van der Waals surface area (Å²) < 4.78 is 0.745. The number of halogens is 1. The standard InChI is InChI=1S/C17H17ClN2OS/c1-11(15-7-8-16(18)22-15)20-17(21)9-6-12-10-19-14-5-3-2-4-13(12)14/h2-5,7-8,10-11,19H,6,9H2,1H3,(H,20,21). The fourth-order valence-corrected chi connectivity index (χ4v) is 3.60. The van der Waals surface area contributed by atoms with Crippen molar-refractivity contribution in [2.45, 2.75) is 25.8 Å². The zero-order chi connectivity index (χ0) is 15.5. The smallest absolute Gasteiger partial charge is 0.220 e. The van der Waals surface area contributed by atoms with Crippen LogP contribution in [0.15, 0.2) is 42.6 Å². The molecule has 1 atom stereocenters. The number of aryl methyl sites for hydroxylation is 1. The first-order valence-electron chi connectivity index (χ1n) is 7.23. The van der Waals surface area contributed by atoms with Gasteiger partial charge in [-0.2, -0.15) is 0 Å². The van der Waals surface area contributed by atoms with Gasteiger partial charge in [0.15, 0.2) is 0 Å². The van der Waals surface area contributed by atoms with Crippen molar-refractivity contribution in [3.05, 3.63) is 57.4 Å². The molecule has 0 saturated heterocycles. The van der Waals surface area contributed by atoms with Crippen LogP contribution >= 0.6 is 22.9 Å². The average Bonchev–Trinajstić information content (AvgIpc) is 3.11. The molecule has 1 amide bonds. The highest BCUT2D eigenvalue weighted by atomic mass is 35.5. The largest absolute Gasteiger partial charge is 0.361 e. The Labute approximate surface area is 138 Å². The van der Waals surface area contributed by atoms with Crippen LogP contribution in [0.5, 0.6) is 0 Å². The third kappa shape index (κ3) is 3.34. The molecule has 0 spiro atoms. The Bertz CT molecular complexity index is 793. The Morgan fingerprint density at radius 2 is 2.14 bits per heavy atom. The first-order chi connectivity index (χ1) is 10.6. The van der Waals surface area contributed by atoms with E-state index < -0.39 is 0 Å². The van der Waals surface area contributed by atoms with Crippen molar-refractivity contribution in [3.63, 3.8) is 0 Å². The van der Waals surface area contributed by atoms with Gasteiger partial charge in [-0.05, 0) is 37.1 Å². The van der Waals surface area contributed by atoms with Crippen molar-refractivity contribution >= 4 is 39.7 Å². The SMILES string of the molecule is CC(NC(=O)CCc1c[nH]c2ccccc12)c1ccc(Cl)s1. The summed E-state index contributed by atoms with van der Waals surface area (Å²) in [5.74, 6) is 0.0577. The number of hydrogen-bond acceptors (Lipinski definition) is 2. The van der Waals surface area contributed by atoms with Gasteiger partial charge in [0.1, 0.15) is 0 Å². The molecule has 2 aromatic heterocycles. The quantitative estimate of drug-likeness (QED) is 0.699. The number of hydrogen-bond donors (Lipinski definition) is 2. The van der Waals surface area contributed by atoms with Crippen molar-refractivity contribution in [2.75, 3.05) is 0 Å². The molecule has 0 radical (unpaired) electrons. The fraction of sp³-hybridized carbons (Fsp3) is 0.235. The van der Waals surface area contributed by atoms with E-state index in [9.17, 15) is 4.79 Å². The van der Waals surface area contributed by atoms with Gasteiger partial charge in [0.2, 0.25) is 5.91 Å². The number of rotatable bonds is 5. The van der Waals surface area contributed by atoms with Crippen molar-refractivity contribution in [3.8, 4) is 0 Å². The zero-order valence-corrected chi connectivity index (χ0v) is 13.8. The summed E-state index contributed by atoms with van der Waals surface area (Å²) in [6.07, 6.45) is 3.19. The molecular weight excluding hydrogens is 316 g/mol. The first kappa shape index (κ1) is 15.1. The van der Waals surface area contributed by atoms with E-state index in [1.807, 2.05) is 43.5 Å². The summed E-state index contributed by atoms with van der Waals surface area (Å²) in [5.41, 5.74) is 2.29. The Kier molecular flexibility index (Phi) is 4.50. The van der Waals surface area contributed by atoms with Crippen LogP contribution in [0.3, 0.4) is 0 Å². The lowest BCUT2D eigenvalue weighted by Gasteiger charge is -2.12. The first-order valence-corrected chi connectivity index (χ1v) is 8.42. The van der Waals surface area contributed by atoms with E-state index in [1.54, 1.807) is 0 Å². The molecule has 3 rings (SSSR count). The Balaban J connectivity index is 1.58. The van der Waals surface area contributed by atoms with E-state index in [-0.39, 0.29) is 11.9 Å². The topological polar surface area (TPSA) is 44.9 Å². The maximum absolute atomic E-state index is 12.1. The van der Waals surface area contributed by atoms with E-state index in [4.69, 9.17) is 11.6 Å². The number of fused-ring (bicyclic) bond motifs is 1. The van der Waals surface area contributed by atoms with Crippen LogP contribution < -0.4 is 5.32 Å². The maximum Gasteiger partial charge on any atom is 0.220 e. The molecule has 0 saturated carbocycles. The number of nitrogens with one attached hydrogen (secondary N) is 2. The predicted octanol–water partition coefficient (Wildman–Crippen LogP) is 4.69. The second kappa shape index (κ2) is 6.55. The van der Waals surface area contributed by atoms with E-state index in [0.29, 0.717) is 6.42 Å². The molecule has 2 heterocycles. The van der Waals surface area contributed by atoms with E-state index >= 15 is 0 Å². The zero-order valence-electron chi connectivity index (χ0n) is 12.2. The minimum atomic E-state index is -0.00651. The van der Waals surface area contributed by atoms with Gasteiger partial charge in [-0.15, -0.1) is 11.3 Å². The number of thiophene rings is 1.